The molecule has 0 aliphatic carbocycles. The fourth-order valence-corrected chi connectivity index (χ4v) is 2.19. The molecule has 1 fully saturated rings. The standard InChI is InChI=1S/C12H12Cl2O2/c13-9-3-4-10(14)8(6-9)7-11(15)12-2-1-5-16-12/h3-4,6,12H,1-2,5,7H2. The number of rotatable bonds is 3. The van der Waals surface area contributed by atoms with Crippen LogP contribution in [0.25, 0.3) is 0 Å². The van der Waals surface area contributed by atoms with Crippen LogP contribution in [-0.4, -0.2) is 18.5 Å². The summed E-state index contributed by atoms with van der Waals surface area (Å²) in [5.74, 6) is 0.0849. The largest absolute Gasteiger partial charge is 0.370 e. The van der Waals surface area contributed by atoms with Crippen LogP contribution in [0.3, 0.4) is 0 Å². The SMILES string of the molecule is O=C(Cc1cc(Cl)ccc1Cl)C1CCCO1. The summed E-state index contributed by atoms with van der Waals surface area (Å²) in [6, 6.07) is 5.16. The first kappa shape index (κ1) is 11.9. The Bertz CT molecular complexity index is 398. The molecule has 16 heavy (non-hydrogen) atoms. The van der Waals surface area contributed by atoms with Gasteiger partial charge in [0, 0.05) is 23.1 Å². The Morgan fingerprint density at radius 1 is 1.44 bits per heavy atom. The summed E-state index contributed by atoms with van der Waals surface area (Å²) < 4.78 is 5.33. The summed E-state index contributed by atoms with van der Waals surface area (Å²) in [4.78, 5) is 11.9. The van der Waals surface area contributed by atoms with Crippen LogP contribution in [0.2, 0.25) is 10.0 Å². The van der Waals surface area contributed by atoms with E-state index in [0.29, 0.717) is 23.1 Å². The van der Waals surface area contributed by atoms with Crippen molar-refractivity contribution in [3.8, 4) is 0 Å². The molecule has 0 spiro atoms. The van der Waals surface area contributed by atoms with Gasteiger partial charge < -0.3 is 4.74 Å². The molecule has 0 amide bonds. The highest BCUT2D eigenvalue weighted by Gasteiger charge is 2.23. The lowest BCUT2D eigenvalue weighted by Crippen LogP contribution is -2.21. The second kappa shape index (κ2) is 5.17. The molecule has 1 unspecified atom stereocenters. The van der Waals surface area contributed by atoms with Gasteiger partial charge in [-0.3, -0.25) is 4.79 Å². The quantitative estimate of drug-likeness (QED) is 0.832. The summed E-state index contributed by atoms with van der Waals surface area (Å²) in [6.45, 7) is 0.680. The molecule has 0 bridgehead atoms. The minimum atomic E-state index is -0.255. The van der Waals surface area contributed by atoms with Gasteiger partial charge >= 0.3 is 0 Å². The predicted octanol–water partition coefficient (Wildman–Crippen LogP) is 3.28. The number of ketones is 1. The normalized spacial score (nSPS) is 20.0. The van der Waals surface area contributed by atoms with Crippen LogP contribution in [0.15, 0.2) is 18.2 Å². The van der Waals surface area contributed by atoms with E-state index in [9.17, 15) is 4.79 Å². The predicted molar refractivity (Wildman–Crippen MR) is 64.1 cm³/mol. The summed E-state index contributed by atoms with van der Waals surface area (Å²) in [7, 11) is 0. The average Bonchev–Trinajstić information content (AvgIpc) is 2.76. The summed E-state index contributed by atoms with van der Waals surface area (Å²) in [5.41, 5.74) is 0.773. The highest BCUT2D eigenvalue weighted by molar-refractivity contribution is 6.33. The second-order valence-corrected chi connectivity index (χ2v) is 4.72. The summed E-state index contributed by atoms with van der Waals surface area (Å²) in [5, 5.41) is 1.18. The smallest absolute Gasteiger partial charge is 0.165 e. The van der Waals surface area contributed by atoms with Crippen molar-refractivity contribution in [2.45, 2.75) is 25.4 Å². The van der Waals surface area contributed by atoms with Gasteiger partial charge in [-0.25, -0.2) is 0 Å². The van der Waals surface area contributed by atoms with E-state index >= 15 is 0 Å². The molecule has 1 aliphatic rings. The maximum atomic E-state index is 11.9. The molecule has 1 saturated heterocycles. The Labute approximate surface area is 104 Å². The van der Waals surface area contributed by atoms with Crippen LogP contribution >= 0.6 is 23.2 Å². The molecule has 1 aromatic carbocycles. The molecule has 2 nitrogen and oxygen atoms in total. The van der Waals surface area contributed by atoms with E-state index in [4.69, 9.17) is 27.9 Å². The number of Topliss-reactive ketones (excluding diaryl/α,β-unsaturated/α-hetero) is 1. The Balaban J connectivity index is 2.07. The first-order chi connectivity index (χ1) is 7.66. The van der Waals surface area contributed by atoms with E-state index in [1.807, 2.05) is 0 Å². The lowest BCUT2D eigenvalue weighted by atomic mass is 10.0. The zero-order valence-electron chi connectivity index (χ0n) is 8.71. The minimum absolute atomic E-state index is 0.0849. The Morgan fingerprint density at radius 3 is 2.94 bits per heavy atom. The third-order valence-corrected chi connectivity index (χ3v) is 3.27. The van der Waals surface area contributed by atoms with Crippen LogP contribution in [0.5, 0.6) is 0 Å². The molecule has 1 aliphatic heterocycles. The van der Waals surface area contributed by atoms with Crippen LogP contribution in [0, 0.1) is 0 Å². The van der Waals surface area contributed by atoms with Crippen LogP contribution in [-0.2, 0) is 16.0 Å². The highest BCUT2D eigenvalue weighted by atomic mass is 35.5. The molecule has 0 N–H and O–H groups in total. The van der Waals surface area contributed by atoms with Gasteiger partial charge in [-0.2, -0.15) is 0 Å². The molecule has 0 saturated carbocycles. The fourth-order valence-electron chi connectivity index (χ4n) is 1.81. The van der Waals surface area contributed by atoms with Crippen LogP contribution < -0.4 is 0 Å². The van der Waals surface area contributed by atoms with Gasteiger partial charge in [0.1, 0.15) is 6.10 Å². The molecule has 1 heterocycles. The first-order valence-electron chi connectivity index (χ1n) is 5.25. The topological polar surface area (TPSA) is 26.3 Å². The second-order valence-electron chi connectivity index (χ2n) is 3.88. The third kappa shape index (κ3) is 2.76. The van der Waals surface area contributed by atoms with Crippen molar-refractivity contribution in [2.75, 3.05) is 6.61 Å². The van der Waals surface area contributed by atoms with E-state index < -0.39 is 0 Å². The highest BCUT2D eigenvalue weighted by Crippen LogP contribution is 2.23. The maximum Gasteiger partial charge on any atom is 0.165 e. The number of ether oxygens (including phenoxy) is 1. The van der Waals surface area contributed by atoms with Crippen molar-refractivity contribution in [3.63, 3.8) is 0 Å². The zero-order chi connectivity index (χ0) is 11.5. The molecule has 1 aromatic rings. The van der Waals surface area contributed by atoms with Crippen molar-refractivity contribution in [1.29, 1.82) is 0 Å². The first-order valence-corrected chi connectivity index (χ1v) is 6.00. The molecule has 86 valence electrons. The Kier molecular flexibility index (Phi) is 3.85. The molecule has 0 aromatic heterocycles. The molecule has 2 rings (SSSR count). The van der Waals surface area contributed by atoms with Gasteiger partial charge in [0.2, 0.25) is 0 Å². The summed E-state index contributed by atoms with van der Waals surface area (Å²) >= 11 is 11.9. The molecular formula is C12H12Cl2O2. The number of carbonyl (C=O) groups excluding carboxylic acids is 1. The molecular weight excluding hydrogens is 247 g/mol. The van der Waals surface area contributed by atoms with Crippen molar-refractivity contribution in [1.82, 2.24) is 0 Å². The molecule has 0 radical (unpaired) electrons. The van der Waals surface area contributed by atoms with E-state index in [0.717, 1.165) is 18.4 Å². The van der Waals surface area contributed by atoms with E-state index in [-0.39, 0.29) is 11.9 Å². The van der Waals surface area contributed by atoms with E-state index in [1.165, 1.54) is 0 Å². The average molecular weight is 259 g/mol. The summed E-state index contributed by atoms with van der Waals surface area (Å²) in [6.07, 6.45) is 1.82. The maximum absolute atomic E-state index is 11.9. The van der Waals surface area contributed by atoms with Crippen molar-refractivity contribution in [3.05, 3.63) is 33.8 Å². The number of halogens is 2. The van der Waals surface area contributed by atoms with Gasteiger partial charge in [-0.1, -0.05) is 23.2 Å². The van der Waals surface area contributed by atoms with E-state index in [2.05, 4.69) is 0 Å². The molecule has 4 heteroatoms. The van der Waals surface area contributed by atoms with Gasteiger partial charge in [0.25, 0.3) is 0 Å². The van der Waals surface area contributed by atoms with Crippen LogP contribution in [0.4, 0.5) is 0 Å². The fraction of sp³-hybridized carbons (Fsp3) is 0.417. The van der Waals surface area contributed by atoms with E-state index in [1.54, 1.807) is 18.2 Å². The zero-order valence-corrected chi connectivity index (χ0v) is 10.2. The lowest BCUT2D eigenvalue weighted by molar-refractivity contribution is -0.127. The number of hydrogen-bond donors (Lipinski definition) is 0. The van der Waals surface area contributed by atoms with Crippen molar-refractivity contribution >= 4 is 29.0 Å². The Morgan fingerprint density at radius 2 is 2.25 bits per heavy atom. The van der Waals surface area contributed by atoms with Crippen LogP contribution in [0.1, 0.15) is 18.4 Å². The Hall–Kier alpha value is -0.570. The monoisotopic (exact) mass is 258 g/mol. The van der Waals surface area contributed by atoms with Gasteiger partial charge in [-0.05, 0) is 36.6 Å². The van der Waals surface area contributed by atoms with Crippen molar-refractivity contribution < 1.29 is 9.53 Å². The van der Waals surface area contributed by atoms with Crippen molar-refractivity contribution in [2.24, 2.45) is 0 Å². The number of benzene rings is 1. The van der Waals surface area contributed by atoms with Gasteiger partial charge in [0.15, 0.2) is 5.78 Å². The number of carbonyl (C=O) groups is 1. The van der Waals surface area contributed by atoms with Gasteiger partial charge in [-0.15, -0.1) is 0 Å². The molecule has 1 atom stereocenters. The number of hydrogen-bond acceptors (Lipinski definition) is 2. The minimum Gasteiger partial charge on any atom is -0.370 e. The lowest BCUT2D eigenvalue weighted by Gasteiger charge is -2.09. The third-order valence-electron chi connectivity index (χ3n) is 2.66. The van der Waals surface area contributed by atoms with Gasteiger partial charge in [0.05, 0.1) is 0 Å².